The average molecular weight is 298 g/mol. The van der Waals surface area contributed by atoms with E-state index in [1.165, 1.54) is 7.11 Å². The lowest BCUT2D eigenvalue weighted by molar-refractivity contribution is 0.143. The number of pyridine rings is 1. The summed E-state index contributed by atoms with van der Waals surface area (Å²) in [6.07, 6.45) is 3.81. The predicted molar refractivity (Wildman–Crippen MR) is 78.7 cm³/mol. The summed E-state index contributed by atoms with van der Waals surface area (Å²) >= 11 is 0. The SMILES string of the molecule is CCC(N)[C@H]1CC[C@@H](c2ccnc(OC)c2C(F)F)CC1. The minimum atomic E-state index is -2.56. The van der Waals surface area contributed by atoms with Crippen molar-refractivity contribution in [2.75, 3.05) is 7.11 Å². The Morgan fingerprint density at radius 1 is 1.33 bits per heavy atom. The third-order valence-electron chi connectivity index (χ3n) is 4.69. The standard InChI is InChI=1S/C16H24F2N2O/c1-3-13(19)11-6-4-10(5-7-11)12-8-9-20-16(21-2)14(12)15(17)18/h8-11,13,15H,3-7,19H2,1-2H3/t10-,11+,13?. The molecule has 1 atom stereocenters. The molecule has 2 N–H and O–H groups in total. The molecule has 0 bridgehead atoms. The number of methoxy groups -OCH3 is 1. The molecule has 0 radical (unpaired) electrons. The van der Waals surface area contributed by atoms with Crippen LogP contribution in [0.2, 0.25) is 0 Å². The highest BCUT2D eigenvalue weighted by Gasteiger charge is 2.30. The Morgan fingerprint density at radius 2 is 2.00 bits per heavy atom. The fourth-order valence-electron chi connectivity index (χ4n) is 3.40. The molecule has 1 saturated carbocycles. The third-order valence-corrected chi connectivity index (χ3v) is 4.69. The van der Waals surface area contributed by atoms with Crippen molar-refractivity contribution in [2.24, 2.45) is 11.7 Å². The zero-order chi connectivity index (χ0) is 15.4. The van der Waals surface area contributed by atoms with Crippen molar-refractivity contribution in [3.05, 3.63) is 23.4 Å². The van der Waals surface area contributed by atoms with Crippen LogP contribution in [0.5, 0.6) is 5.88 Å². The molecule has 0 spiro atoms. The largest absolute Gasteiger partial charge is 0.481 e. The molecule has 0 aromatic carbocycles. The van der Waals surface area contributed by atoms with Gasteiger partial charge in [0.1, 0.15) is 0 Å². The van der Waals surface area contributed by atoms with Crippen molar-refractivity contribution in [3.63, 3.8) is 0 Å². The van der Waals surface area contributed by atoms with Gasteiger partial charge in [-0.25, -0.2) is 13.8 Å². The van der Waals surface area contributed by atoms with E-state index in [1.807, 2.05) is 0 Å². The molecular formula is C16H24F2N2O. The van der Waals surface area contributed by atoms with Gasteiger partial charge in [-0.05, 0) is 55.6 Å². The van der Waals surface area contributed by atoms with E-state index in [1.54, 1.807) is 12.3 Å². The molecule has 1 fully saturated rings. The van der Waals surface area contributed by atoms with Crippen molar-refractivity contribution < 1.29 is 13.5 Å². The zero-order valence-corrected chi connectivity index (χ0v) is 12.7. The lowest BCUT2D eigenvalue weighted by Crippen LogP contribution is -2.32. The molecule has 21 heavy (non-hydrogen) atoms. The smallest absolute Gasteiger partial charge is 0.269 e. The molecule has 1 aliphatic carbocycles. The molecule has 1 aromatic heterocycles. The van der Waals surface area contributed by atoms with Crippen LogP contribution in [0.15, 0.2) is 12.3 Å². The molecule has 1 aromatic rings. The molecule has 0 aliphatic heterocycles. The first-order chi connectivity index (χ1) is 10.1. The second kappa shape index (κ2) is 7.16. The summed E-state index contributed by atoms with van der Waals surface area (Å²) in [5, 5.41) is 0. The molecule has 1 heterocycles. The lowest BCUT2D eigenvalue weighted by atomic mass is 9.75. The Hall–Kier alpha value is -1.23. The Labute approximate surface area is 124 Å². The number of halogens is 2. The summed E-state index contributed by atoms with van der Waals surface area (Å²) in [6, 6.07) is 1.95. The van der Waals surface area contributed by atoms with E-state index < -0.39 is 6.43 Å². The van der Waals surface area contributed by atoms with Crippen molar-refractivity contribution >= 4 is 0 Å². The summed E-state index contributed by atoms with van der Waals surface area (Å²) in [6.45, 7) is 2.10. The highest BCUT2D eigenvalue weighted by atomic mass is 19.3. The van der Waals surface area contributed by atoms with Crippen molar-refractivity contribution in [3.8, 4) is 5.88 Å². The second-order valence-corrected chi connectivity index (χ2v) is 5.81. The van der Waals surface area contributed by atoms with Gasteiger partial charge in [-0.1, -0.05) is 6.92 Å². The Balaban J connectivity index is 2.17. The molecule has 2 rings (SSSR count). The first-order valence-electron chi connectivity index (χ1n) is 7.64. The molecule has 3 nitrogen and oxygen atoms in total. The third kappa shape index (κ3) is 3.51. The summed E-state index contributed by atoms with van der Waals surface area (Å²) < 4.78 is 31.7. The zero-order valence-electron chi connectivity index (χ0n) is 12.7. The topological polar surface area (TPSA) is 48.1 Å². The fraction of sp³-hybridized carbons (Fsp3) is 0.688. The lowest BCUT2D eigenvalue weighted by Gasteiger charge is -2.32. The van der Waals surface area contributed by atoms with Crippen LogP contribution in [0.4, 0.5) is 8.78 Å². The summed E-state index contributed by atoms with van der Waals surface area (Å²) in [7, 11) is 1.38. The van der Waals surface area contributed by atoms with Crippen LogP contribution in [0.1, 0.15) is 62.5 Å². The Morgan fingerprint density at radius 3 is 2.52 bits per heavy atom. The highest BCUT2D eigenvalue weighted by molar-refractivity contribution is 5.38. The van der Waals surface area contributed by atoms with Gasteiger partial charge in [0.2, 0.25) is 5.88 Å². The van der Waals surface area contributed by atoms with Crippen LogP contribution in [-0.4, -0.2) is 18.1 Å². The number of hydrogen-bond donors (Lipinski definition) is 1. The van der Waals surface area contributed by atoms with Crippen LogP contribution in [0, 0.1) is 5.92 Å². The van der Waals surface area contributed by atoms with Gasteiger partial charge in [0.25, 0.3) is 6.43 Å². The molecule has 1 aliphatic rings. The number of rotatable bonds is 5. The van der Waals surface area contributed by atoms with Crippen LogP contribution < -0.4 is 10.5 Å². The van der Waals surface area contributed by atoms with Gasteiger partial charge in [0, 0.05) is 12.2 Å². The molecular weight excluding hydrogens is 274 g/mol. The minimum absolute atomic E-state index is 0.0387. The van der Waals surface area contributed by atoms with E-state index in [-0.39, 0.29) is 23.4 Å². The van der Waals surface area contributed by atoms with Crippen LogP contribution in [0.25, 0.3) is 0 Å². The van der Waals surface area contributed by atoms with Gasteiger partial charge < -0.3 is 10.5 Å². The van der Waals surface area contributed by atoms with Crippen LogP contribution in [-0.2, 0) is 0 Å². The number of aromatic nitrogens is 1. The van der Waals surface area contributed by atoms with E-state index in [0.717, 1.165) is 32.1 Å². The maximum atomic E-state index is 13.3. The fourth-order valence-corrected chi connectivity index (χ4v) is 3.40. The van der Waals surface area contributed by atoms with Crippen molar-refractivity contribution in [1.29, 1.82) is 0 Å². The first-order valence-corrected chi connectivity index (χ1v) is 7.64. The van der Waals surface area contributed by atoms with Gasteiger partial charge in [-0.15, -0.1) is 0 Å². The van der Waals surface area contributed by atoms with E-state index in [9.17, 15) is 8.78 Å². The van der Waals surface area contributed by atoms with Gasteiger partial charge >= 0.3 is 0 Å². The van der Waals surface area contributed by atoms with Crippen molar-refractivity contribution in [1.82, 2.24) is 4.98 Å². The number of nitrogens with zero attached hydrogens (tertiary/aromatic N) is 1. The summed E-state index contributed by atoms with van der Waals surface area (Å²) in [4.78, 5) is 3.91. The Bertz CT molecular complexity index is 460. The molecule has 5 heteroatoms. The number of hydrogen-bond acceptors (Lipinski definition) is 3. The summed E-state index contributed by atoms with van der Waals surface area (Å²) in [5.74, 6) is 0.728. The van der Waals surface area contributed by atoms with E-state index >= 15 is 0 Å². The van der Waals surface area contributed by atoms with Crippen molar-refractivity contribution in [2.45, 2.75) is 57.4 Å². The predicted octanol–water partition coefficient (Wildman–Crippen LogP) is 4.04. The normalized spacial score (nSPS) is 24.1. The maximum Gasteiger partial charge on any atom is 0.269 e. The first kappa shape index (κ1) is 16.1. The summed E-state index contributed by atoms with van der Waals surface area (Å²) in [5.41, 5.74) is 6.76. The van der Waals surface area contributed by atoms with Gasteiger partial charge in [0.15, 0.2) is 0 Å². The monoisotopic (exact) mass is 298 g/mol. The molecule has 0 saturated heterocycles. The average Bonchev–Trinajstić information content (AvgIpc) is 2.53. The maximum absolute atomic E-state index is 13.3. The number of nitrogens with two attached hydrogens (primary N) is 1. The minimum Gasteiger partial charge on any atom is -0.481 e. The number of alkyl halides is 2. The van der Waals surface area contributed by atoms with E-state index in [0.29, 0.717) is 11.5 Å². The molecule has 118 valence electrons. The number of ether oxygens (including phenoxy) is 1. The quantitative estimate of drug-likeness (QED) is 0.892. The molecule has 1 unspecified atom stereocenters. The van der Waals surface area contributed by atoms with E-state index in [4.69, 9.17) is 10.5 Å². The van der Waals surface area contributed by atoms with Crippen LogP contribution >= 0.6 is 0 Å². The molecule has 0 amide bonds. The van der Waals surface area contributed by atoms with Gasteiger partial charge in [0.05, 0.1) is 12.7 Å². The Kier molecular flexibility index (Phi) is 5.51. The van der Waals surface area contributed by atoms with E-state index in [2.05, 4.69) is 11.9 Å². The second-order valence-electron chi connectivity index (χ2n) is 5.81. The van der Waals surface area contributed by atoms with Gasteiger partial charge in [-0.2, -0.15) is 0 Å². The van der Waals surface area contributed by atoms with Crippen LogP contribution in [0.3, 0.4) is 0 Å². The van der Waals surface area contributed by atoms with Gasteiger partial charge in [-0.3, -0.25) is 0 Å². The highest BCUT2D eigenvalue weighted by Crippen LogP contribution is 2.42.